The number of anilines is 1. The van der Waals surface area contributed by atoms with Gasteiger partial charge < -0.3 is 4.90 Å². The number of nitrogens with zero attached hydrogens (tertiary/aromatic N) is 4. The van der Waals surface area contributed by atoms with Crippen molar-refractivity contribution in [2.24, 2.45) is 0 Å². The van der Waals surface area contributed by atoms with Gasteiger partial charge in [-0.2, -0.15) is 5.10 Å². The van der Waals surface area contributed by atoms with Gasteiger partial charge in [-0.3, -0.25) is 9.42 Å². The predicted octanol–water partition coefficient (Wildman–Crippen LogP) is 1.97. The molecule has 0 spiro atoms. The Balaban J connectivity index is 2.28. The van der Waals surface area contributed by atoms with Gasteiger partial charge in [-0.05, 0) is 13.0 Å². The maximum atomic E-state index is 11.2. The molecular formula is C14H18ClN4O2S2+. The summed E-state index contributed by atoms with van der Waals surface area (Å²) in [6.45, 7) is 2.60. The molecule has 2 rings (SSSR count). The summed E-state index contributed by atoms with van der Waals surface area (Å²) in [5.74, 6) is 0.518. The van der Waals surface area contributed by atoms with Crippen LogP contribution in [-0.4, -0.2) is 42.7 Å². The van der Waals surface area contributed by atoms with Crippen molar-refractivity contribution in [3.8, 4) is 5.69 Å². The van der Waals surface area contributed by atoms with Crippen LogP contribution in [0, 0.1) is 0 Å². The highest BCUT2D eigenvalue weighted by Gasteiger charge is 2.18. The average molecular weight is 374 g/mol. The summed E-state index contributed by atoms with van der Waals surface area (Å²) in [6, 6.07) is 3.50. The van der Waals surface area contributed by atoms with Gasteiger partial charge in [-0.1, -0.05) is 23.8 Å². The Hall–Kier alpha value is -1.51. The molecule has 0 bridgehead atoms. The van der Waals surface area contributed by atoms with Gasteiger partial charge >= 0.3 is 0 Å². The summed E-state index contributed by atoms with van der Waals surface area (Å²) < 4.78 is 13.8. The third-order valence-electron chi connectivity index (χ3n) is 3.20. The van der Waals surface area contributed by atoms with Crippen molar-refractivity contribution in [1.82, 2.24) is 9.78 Å². The summed E-state index contributed by atoms with van der Waals surface area (Å²) >= 11 is 11.7. The monoisotopic (exact) mass is 373 g/mol. The van der Waals surface area contributed by atoms with Gasteiger partial charge in [0.05, 0.1) is 16.9 Å². The minimum absolute atomic E-state index is 0.320. The first-order chi connectivity index (χ1) is 10.9. The van der Waals surface area contributed by atoms with Gasteiger partial charge in [0.2, 0.25) is 12.4 Å². The number of thiocarbonyl (C=S) groups is 1. The van der Waals surface area contributed by atoms with Crippen LogP contribution in [0.1, 0.15) is 13.3 Å². The molecule has 6 nitrogen and oxygen atoms in total. The Morgan fingerprint density at radius 1 is 1.61 bits per heavy atom. The molecule has 0 radical (unpaired) electrons. The lowest BCUT2D eigenvalue weighted by molar-refractivity contribution is -0.904. The van der Waals surface area contributed by atoms with Crippen LogP contribution in [0.15, 0.2) is 30.7 Å². The van der Waals surface area contributed by atoms with Crippen LogP contribution in [0.5, 0.6) is 0 Å². The second-order valence-corrected chi connectivity index (χ2v) is 7.24. The SMILES string of the molecule is CCN(C(=S)CCS(C)=O)c1cn(-c2ccc[n+](O)c2)nc1Cl. The Morgan fingerprint density at radius 3 is 2.96 bits per heavy atom. The van der Waals surface area contributed by atoms with Crippen molar-refractivity contribution >= 4 is 45.3 Å². The van der Waals surface area contributed by atoms with Crippen LogP contribution in [-0.2, 0) is 10.8 Å². The molecule has 0 fully saturated rings. The number of hydrogen-bond donors (Lipinski definition) is 1. The number of aromatic nitrogens is 3. The lowest BCUT2D eigenvalue weighted by Crippen LogP contribution is -2.30. The molecule has 0 saturated carbocycles. The van der Waals surface area contributed by atoms with E-state index in [0.29, 0.717) is 40.2 Å². The van der Waals surface area contributed by atoms with Crippen molar-refractivity contribution in [1.29, 1.82) is 0 Å². The predicted molar refractivity (Wildman–Crippen MR) is 95.1 cm³/mol. The van der Waals surface area contributed by atoms with Crippen molar-refractivity contribution in [2.75, 3.05) is 23.5 Å². The van der Waals surface area contributed by atoms with E-state index in [0.717, 1.165) is 4.73 Å². The van der Waals surface area contributed by atoms with E-state index in [4.69, 9.17) is 23.8 Å². The maximum absolute atomic E-state index is 11.2. The molecule has 9 heteroatoms. The largest absolute Gasteiger partial charge is 0.332 e. The molecule has 2 aromatic rings. The second-order valence-electron chi connectivity index (χ2n) is 4.86. The fourth-order valence-electron chi connectivity index (χ4n) is 2.09. The van der Waals surface area contributed by atoms with Gasteiger partial charge in [0.1, 0.15) is 5.69 Å². The van der Waals surface area contributed by atoms with Crippen LogP contribution in [0.2, 0.25) is 5.15 Å². The lowest BCUT2D eigenvalue weighted by Gasteiger charge is -2.22. The van der Waals surface area contributed by atoms with E-state index in [1.807, 2.05) is 11.8 Å². The van der Waals surface area contributed by atoms with Crippen LogP contribution in [0.4, 0.5) is 5.69 Å². The smallest absolute Gasteiger partial charge is 0.247 e. The maximum Gasteiger partial charge on any atom is 0.247 e. The zero-order chi connectivity index (χ0) is 17.0. The molecule has 2 aromatic heterocycles. The van der Waals surface area contributed by atoms with E-state index in [9.17, 15) is 9.42 Å². The van der Waals surface area contributed by atoms with Gasteiger partial charge in [0.15, 0.2) is 5.15 Å². The molecule has 0 aliphatic carbocycles. The van der Waals surface area contributed by atoms with E-state index in [1.165, 1.54) is 12.4 Å². The minimum Gasteiger partial charge on any atom is -0.332 e. The molecule has 0 saturated heterocycles. The molecule has 0 amide bonds. The molecule has 1 N–H and O–H groups in total. The zero-order valence-electron chi connectivity index (χ0n) is 12.8. The summed E-state index contributed by atoms with van der Waals surface area (Å²) in [6.07, 6.45) is 6.99. The Bertz CT molecular complexity index is 735. The summed E-state index contributed by atoms with van der Waals surface area (Å²) in [4.78, 5) is 2.55. The number of rotatable bonds is 6. The van der Waals surface area contributed by atoms with Crippen molar-refractivity contribution < 1.29 is 14.1 Å². The molecule has 0 aromatic carbocycles. The van der Waals surface area contributed by atoms with E-state index >= 15 is 0 Å². The first-order valence-electron chi connectivity index (χ1n) is 6.99. The third-order valence-corrected chi connectivity index (χ3v) is 4.67. The fourth-order valence-corrected chi connectivity index (χ4v) is 3.26. The minimum atomic E-state index is -0.892. The lowest BCUT2D eigenvalue weighted by atomic mass is 10.3. The number of halogens is 1. The van der Waals surface area contributed by atoms with Crippen molar-refractivity contribution in [3.05, 3.63) is 35.9 Å². The van der Waals surface area contributed by atoms with E-state index in [2.05, 4.69) is 5.10 Å². The average Bonchev–Trinajstić information content (AvgIpc) is 2.88. The number of pyridine rings is 1. The van der Waals surface area contributed by atoms with E-state index in [-0.39, 0.29) is 0 Å². The molecular weight excluding hydrogens is 356 g/mol. The molecule has 1 unspecified atom stereocenters. The van der Waals surface area contributed by atoms with Gasteiger partial charge in [0, 0.05) is 46.6 Å². The summed E-state index contributed by atoms with van der Waals surface area (Å²) in [5.41, 5.74) is 1.36. The molecule has 2 heterocycles. The van der Waals surface area contributed by atoms with Crippen LogP contribution in [0.25, 0.3) is 5.69 Å². The van der Waals surface area contributed by atoms with Gasteiger partial charge in [-0.15, -0.1) is 0 Å². The van der Waals surface area contributed by atoms with Gasteiger partial charge in [0.25, 0.3) is 0 Å². The highest BCUT2D eigenvalue weighted by molar-refractivity contribution is 7.84. The Morgan fingerprint density at radius 2 is 2.35 bits per heavy atom. The standard InChI is InChI=1S/C14H18ClN4O2S2/c1-3-18(13(22)6-8-23(2)21)12-10-19(16-14(12)15)11-5-4-7-17(20)9-11/h4-5,7,9-10,20H,3,6,8H2,1-2H3/q+1. The molecule has 23 heavy (non-hydrogen) atoms. The quantitative estimate of drug-likeness (QED) is 0.476. The van der Waals surface area contributed by atoms with Gasteiger partial charge in [-0.25, -0.2) is 4.68 Å². The van der Waals surface area contributed by atoms with Crippen molar-refractivity contribution in [2.45, 2.75) is 13.3 Å². The number of hydrogen-bond acceptors (Lipinski definition) is 4. The van der Waals surface area contributed by atoms with Crippen molar-refractivity contribution in [3.63, 3.8) is 0 Å². The second kappa shape index (κ2) is 7.85. The van der Waals surface area contributed by atoms with E-state index in [1.54, 1.807) is 29.3 Å². The van der Waals surface area contributed by atoms with E-state index < -0.39 is 10.8 Å². The zero-order valence-corrected chi connectivity index (χ0v) is 15.2. The highest BCUT2D eigenvalue weighted by Crippen LogP contribution is 2.26. The van der Waals surface area contributed by atoms with Crippen LogP contribution < -0.4 is 9.63 Å². The summed E-state index contributed by atoms with van der Waals surface area (Å²) in [5, 5.41) is 14.1. The normalized spacial score (nSPS) is 12.1. The third kappa shape index (κ3) is 4.49. The Kier molecular flexibility index (Phi) is 6.09. The summed E-state index contributed by atoms with van der Waals surface area (Å²) in [7, 11) is -0.892. The first kappa shape index (κ1) is 17.8. The van der Waals surface area contributed by atoms with Crippen LogP contribution >= 0.6 is 23.8 Å². The molecule has 124 valence electrons. The first-order valence-corrected chi connectivity index (χ1v) is 9.50. The molecule has 0 aliphatic heterocycles. The topological polar surface area (TPSA) is 62.2 Å². The Labute approximate surface area is 147 Å². The molecule has 0 aliphatic rings. The molecule has 1 atom stereocenters. The highest BCUT2D eigenvalue weighted by atomic mass is 35.5. The fraction of sp³-hybridized carbons (Fsp3) is 0.357. The van der Waals surface area contributed by atoms with Crippen LogP contribution in [0.3, 0.4) is 0 Å².